The first-order chi connectivity index (χ1) is 16.7. The Bertz CT molecular complexity index is 1230. The van der Waals surface area contributed by atoms with Crippen LogP contribution in [0.5, 0.6) is 5.75 Å². The van der Waals surface area contributed by atoms with Crippen LogP contribution in [-0.2, 0) is 13.0 Å². The molecule has 2 aliphatic heterocycles. The maximum atomic E-state index is 13.7. The molecular weight excluding hydrogens is 456 g/mol. The number of piperazine rings is 1. The number of ether oxygens (including phenoxy) is 1. The Morgan fingerprint density at radius 2 is 1.80 bits per heavy atom. The number of aryl methyl sites for hydroxylation is 1. The fraction of sp³-hybridized carbons (Fsp3) is 0.464. The van der Waals surface area contributed by atoms with E-state index >= 15 is 0 Å². The molecule has 1 fully saturated rings. The minimum absolute atomic E-state index is 0.0674. The number of carbonyl (C=O) groups excluding carboxylic acids is 1. The second-order valence-electron chi connectivity index (χ2n) is 10.7. The number of carbonyl (C=O) groups is 1. The minimum Gasteiger partial charge on any atom is -0.495 e. The van der Waals surface area contributed by atoms with Crippen molar-refractivity contribution in [3.63, 3.8) is 0 Å². The molecule has 0 saturated carbocycles. The van der Waals surface area contributed by atoms with Gasteiger partial charge >= 0.3 is 0 Å². The number of fused-ring (bicyclic) bond motifs is 3. The number of methoxy groups -OCH3 is 1. The van der Waals surface area contributed by atoms with E-state index in [1.165, 1.54) is 16.0 Å². The summed E-state index contributed by atoms with van der Waals surface area (Å²) in [5, 5.41) is 2.11. The van der Waals surface area contributed by atoms with Gasteiger partial charge in [-0.15, -0.1) is 11.3 Å². The molecule has 1 saturated heterocycles. The van der Waals surface area contributed by atoms with Crippen molar-refractivity contribution in [1.29, 1.82) is 0 Å². The summed E-state index contributed by atoms with van der Waals surface area (Å²) >= 11 is 1.72. The van der Waals surface area contributed by atoms with Gasteiger partial charge in [-0.1, -0.05) is 6.07 Å². The predicted molar refractivity (Wildman–Crippen MR) is 145 cm³/mol. The summed E-state index contributed by atoms with van der Waals surface area (Å²) in [7, 11) is 5.85. The molecule has 2 aliphatic rings. The van der Waals surface area contributed by atoms with Gasteiger partial charge in [0.15, 0.2) is 0 Å². The van der Waals surface area contributed by atoms with Gasteiger partial charge in [0.1, 0.15) is 11.4 Å². The lowest BCUT2D eigenvalue weighted by Gasteiger charge is -2.36. The fourth-order valence-corrected chi connectivity index (χ4v) is 5.82. The van der Waals surface area contributed by atoms with Crippen LogP contribution in [0.4, 0.5) is 5.69 Å². The van der Waals surface area contributed by atoms with Crippen LogP contribution in [0.2, 0.25) is 0 Å². The Kier molecular flexibility index (Phi) is 6.18. The molecule has 3 aromatic rings. The third-order valence-corrected chi connectivity index (χ3v) is 8.43. The van der Waals surface area contributed by atoms with Crippen LogP contribution in [0.15, 0.2) is 35.7 Å². The number of hydrogen-bond donors (Lipinski definition) is 0. The standard InChI is InChI=1S/C28H36N4O2S/c1-28(2,3)30(5)27(33)23-18-21(25-8-7-15-35-25)26-20-17-22(31-13-11-29(4)12-14-31)24(34-6)16-19(20)9-10-32(23)26/h7-8,15-18H,9-14H2,1-6H3. The summed E-state index contributed by atoms with van der Waals surface area (Å²) in [5.74, 6) is 1.01. The second kappa shape index (κ2) is 9.03. The summed E-state index contributed by atoms with van der Waals surface area (Å²) in [4.78, 5) is 21.5. The van der Waals surface area contributed by atoms with Crippen LogP contribution in [-0.4, -0.2) is 73.2 Å². The molecule has 0 spiro atoms. The Morgan fingerprint density at radius 1 is 1.06 bits per heavy atom. The van der Waals surface area contributed by atoms with Crippen LogP contribution in [0.25, 0.3) is 21.7 Å². The van der Waals surface area contributed by atoms with Crippen molar-refractivity contribution in [3.8, 4) is 27.4 Å². The maximum Gasteiger partial charge on any atom is 0.270 e. The summed E-state index contributed by atoms with van der Waals surface area (Å²) in [5.41, 5.74) is 6.45. The average molecular weight is 493 g/mol. The zero-order valence-electron chi connectivity index (χ0n) is 21.7. The molecule has 1 amide bonds. The van der Waals surface area contributed by atoms with Crippen molar-refractivity contribution in [2.75, 3.05) is 52.3 Å². The number of nitrogens with zero attached hydrogens (tertiary/aromatic N) is 4. The van der Waals surface area contributed by atoms with E-state index in [0.29, 0.717) is 0 Å². The van der Waals surface area contributed by atoms with Crippen molar-refractivity contribution < 1.29 is 9.53 Å². The number of likely N-dealkylation sites (N-methyl/N-ethyl adjacent to an activating group) is 1. The normalized spacial score (nSPS) is 16.1. The molecule has 0 atom stereocenters. The minimum atomic E-state index is -0.251. The molecule has 0 bridgehead atoms. The van der Waals surface area contributed by atoms with Crippen LogP contribution < -0.4 is 9.64 Å². The van der Waals surface area contributed by atoms with E-state index in [-0.39, 0.29) is 11.4 Å². The maximum absolute atomic E-state index is 13.7. The largest absolute Gasteiger partial charge is 0.495 e. The molecule has 6 nitrogen and oxygen atoms in total. The zero-order chi connectivity index (χ0) is 24.9. The number of anilines is 1. The predicted octanol–water partition coefficient (Wildman–Crippen LogP) is 5.07. The van der Waals surface area contributed by atoms with Crippen LogP contribution >= 0.6 is 11.3 Å². The Balaban J connectivity index is 1.68. The van der Waals surface area contributed by atoms with E-state index in [4.69, 9.17) is 4.74 Å². The topological polar surface area (TPSA) is 41.0 Å². The first kappa shape index (κ1) is 23.9. The Morgan fingerprint density at radius 3 is 2.43 bits per heavy atom. The van der Waals surface area contributed by atoms with Gasteiger partial charge in [-0.3, -0.25) is 4.79 Å². The van der Waals surface area contributed by atoms with Gasteiger partial charge in [0.25, 0.3) is 5.91 Å². The number of rotatable bonds is 4. The Hall–Kier alpha value is -2.77. The van der Waals surface area contributed by atoms with Crippen LogP contribution in [0.1, 0.15) is 36.8 Å². The van der Waals surface area contributed by atoms with E-state index in [0.717, 1.165) is 67.5 Å². The number of aromatic nitrogens is 1. The first-order valence-corrected chi connectivity index (χ1v) is 13.3. The van der Waals surface area contributed by atoms with Gasteiger partial charge in [-0.2, -0.15) is 0 Å². The van der Waals surface area contributed by atoms with Crippen LogP contribution in [0.3, 0.4) is 0 Å². The highest BCUT2D eigenvalue weighted by molar-refractivity contribution is 7.13. The van der Waals surface area contributed by atoms with Gasteiger partial charge in [-0.05, 0) is 69.4 Å². The summed E-state index contributed by atoms with van der Waals surface area (Å²) in [6, 6.07) is 10.9. The van der Waals surface area contributed by atoms with Crippen molar-refractivity contribution >= 4 is 22.9 Å². The molecule has 7 heteroatoms. The smallest absolute Gasteiger partial charge is 0.270 e. The quantitative estimate of drug-likeness (QED) is 0.510. The van der Waals surface area contributed by atoms with E-state index in [9.17, 15) is 4.79 Å². The Labute approximate surface area is 212 Å². The molecule has 186 valence electrons. The highest BCUT2D eigenvalue weighted by atomic mass is 32.1. The summed E-state index contributed by atoms with van der Waals surface area (Å²) in [6.07, 6.45) is 0.875. The highest BCUT2D eigenvalue weighted by Crippen LogP contribution is 2.45. The van der Waals surface area contributed by atoms with Crippen molar-refractivity contribution in [3.05, 3.63) is 47.0 Å². The number of benzene rings is 1. The number of hydrogen-bond acceptors (Lipinski definition) is 5. The first-order valence-electron chi connectivity index (χ1n) is 12.4. The highest BCUT2D eigenvalue weighted by Gasteiger charge is 2.32. The van der Waals surface area contributed by atoms with Crippen molar-refractivity contribution in [2.45, 2.75) is 39.3 Å². The summed E-state index contributed by atoms with van der Waals surface area (Å²) < 4.78 is 8.13. The molecule has 35 heavy (non-hydrogen) atoms. The molecule has 0 radical (unpaired) electrons. The third-order valence-electron chi connectivity index (χ3n) is 7.52. The van der Waals surface area contributed by atoms with Gasteiger partial charge in [0.2, 0.25) is 0 Å². The molecule has 5 rings (SSSR count). The zero-order valence-corrected chi connectivity index (χ0v) is 22.5. The van der Waals surface area contributed by atoms with E-state index in [1.807, 2.05) is 11.9 Å². The third kappa shape index (κ3) is 4.25. The van der Waals surface area contributed by atoms with Crippen LogP contribution in [0, 0.1) is 0 Å². The number of amides is 1. The molecule has 1 aromatic carbocycles. The van der Waals surface area contributed by atoms with E-state index in [2.05, 4.69) is 77.9 Å². The van der Waals surface area contributed by atoms with Crippen molar-refractivity contribution in [1.82, 2.24) is 14.4 Å². The average Bonchev–Trinajstić information content (AvgIpc) is 3.50. The van der Waals surface area contributed by atoms with Gasteiger partial charge in [0, 0.05) is 61.3 Å². The molecule has 0 aliphatic carbocycles. The van der Waals surface area contributed by atoms with Gasteiger partial charge in [-0.25, -0.2) is 0 Å². The van der Waals surface area contributed by atoms with Crippen molar-refractivity contribution in [2.24, 2.45) is 0 Å². The van der Waals surface area contributed by atoms with E-state index in [1.54, 1.807) is 18.4 Å². The lowest BCUT2D eigenvalue weighted by molar-refractivity contribution is 0.0644. The monoisotopic (exact) mass is 492 g/mol. The summed E-state index contributed by atoms with van der Waals surface area (Å²) in [6.45, 7) is 11.0. The van der Waals surface area contributed by atoms with Gasteiger partial charge in [0.05, 0.1) is 18.5 Å². The molecule has 0 N–H and O–H groups in total. The SMILES string of the molecule is COc1cc2c(cc1N1CCN(C)CC1)-c1c(-c3cccs3)cc(C(=O)N(C)C(C)(C)C)n1CC2. The number of thiophene rings is 1. The molecular formula is C28H36N4O2S. The lowest BCUT2D eigenvalue weighted by atomic mass is 9.94. The molecule has 2 aromatic heterocycles. The fourth-order valence-electron chi connectivity index (χ4n) is 5.07. The van der Waals surface area contributed by atoms with Gasteiger partial charge < -0.3 is 24.0 Å². The molecule has 4 heterocycles. The molecule has 0 unspecified atom stereocenters. The second-order valence-corrected chi connectivity index (χ2v) is 11.6. The lowest BCUT2D eigenvalue weighted by Crippen LogP contribution is -2.44. The van der Waals surface area contributed by atoms with E-state index < -0.39 is 0 Å².